The van der Waals surface area contributed by atoms with Crippen molar-refractivity contribution in [3.05, 3.63) is 35.4 Å². The van der Waals surface area contributed by atoms with Crippen LogP contribution in [-0.2, 0) is 16.1 Å². The fraction of sp³-hybridized carbons (Fsp3) is 0.562. The number of amides is 1. The monoisotopic (exact) mass is 278 g/mol. The highest BCUT2D eigenvalue weighted by atomic mass is 16.5. The third-order valence-corrected chi connectivity index (χ3v) is 3.34. The fourth-order valence-electron chi connectivity index (χ4n) is 2.06. The molecule has 1 rings (SSSR count). The molecule has 4 heteroatoms. The number of carbonyl (C=O) groups is 1. The second-order valence-corrected chi connectivity index (χ2v) is 5.10. The minimum atomic E-state index is -0.195. The molecule has 0 aromatic heterocycles. The molecule has 112 valence electrons. The van der Waals surface area contributed by atoms with Crippen molar-refractivity contribution in [3.63, 3.8) is 0 Å². The first kappa shape index (κ1) is 16.7. The van der Waals surface area contributed by atoms with Gasteiger partial charge in [0.25, 0.3) is 0 Å². The van der Waals surface area contributed by atoms with Gasteiger partial charge < -0.3 is 15.4 Å². The molecule has 4 nitrogen and oxygen atoms in total. The van der Waals surface area contributed by atoms with E-state index < -0.39 is 0 Å². The van der Waals surface area contributed by atoms with Crippen molar-refractivity contribution in [1.29, 1.82) is 0 Å². The van der Waals surface area contributed by atoms with E-state index in [1.807, 2.05) is 4.90 Å². The first-order chi connectivity index (χ1) is 9.60. The van der Waals surface area contributed by atoms with Crippen LogP contribution in [0.3, 0.4) is 0 Å². The van der Waals surface area contributed by atoms with E-state index in [0.29, 0.717) is 19.5 Å². The van der Waals surface area contributed by atoms with Crippen molar-refractivity contribution in [1.82, 2.24) is 4.90 Å². The van der Waals surface area contributed by atoms with Crippen LogP contribution >= 0.6 is 0 Å². The molecule has 1 aromatic rings. The third-order valence-electron chi connectivity index (χ3n) is 3.34. The quantitative estimate of drug-likeness (QED) is 0.792. The normalized spacial score (nSPS) is 12.2. The number of hydrogen-bond donors (Lipinski definition) is 1. The van der Waals surface area contributed by atoms with E-state index in [-0.39, 0.29) is 12.0 Å². The van der Waals surface area contributed by atoms with Crippen molar-refractivity contribution < 1.29 is 9.53 Å². The van der Waals surface area contributed by atoms with Crippen LogP contribution < -0.4 is 5.73 Å². The lowest BCUT2D eigenvalue weighted by Crippen LogP contribution is -2.36. The molecule has 1 amide bonds. The standard InChI is InChI=1S/C16H26N2O2/c1-4-9-18(16(19)10-15(11-17)20-3)12-14-7-5-13(2)6-8-14/h5-8,15H,4,9-12,17H2,1-3H3. The summed E-state index contributed by atoms with van der Waals surface area (Å²) < 4.78 is 5.19. The van der Waals surface area contributed by atoms with E-state index in [1.54, 1.807) is 7.11 Å². The van der Waals surface area contributed by atoms with Crippen LogP contribution in [0.4, 0.5) is 0 Å². The molecule has 1 atom stereocenters. The summed E-state index contributed by atoms with van der Waals surface area (Å²) in [5, 5.41) is 0. The largest absolute Gasteiger partial charge is 0.380 e. The summed E-state index contributed by atoms with van der Waals surface area (Å²) >= 11 is 0. The van der Waals surface area contributed by atoms with E-state index >= 15 is 0 Å². The fourth-order valence-corrected chi connectivity index (χ4v) is 2.06. The van der Waals surface area contributed by atoms with E-state index in [1.165, 1.54) is 5.56 Å². The summed E-state index contributed by atoms with van der Waals surface area (Å²) in [5.41, 5.74) is 7.96. The summed E-state index contributed by atoms with van der Waals surface area (Å²) in [6.07, 6.45) is 1.09. The molecular formula is C16H26N2O2. The molecule has 0 aliphatic carbocycles. The van der Waals surface area contributed by atoms with Gasteiger partial charge in [0.15, 0.2) is 0 Å². The van der Waals surface area contributed by atoms with E-state index in [0.717, 1.165) is 18.5 Å². The van der Waals surface area contributed by atoms with Gasteiger partial charge in [-0.15, -0.1) is 0 Å². The maximum Gasteiger partial charge on any atom is 0.225 e. The number of nitrogens with zero attached hydrogens (tertiary/aromatic N) is 1. The van der Waals surface area contributed by atoms with Crippen LogP contribution in [0, 0.1) is 6.92 Å². The zero-order valence-corrected chi connectivity index (χ0v) is 12.8. The van der Waals surface area contributed by atoms with Gasteiger partial charge in [-0.2, -0.15) is 0 Å². The first-order valence-electron chi connectivity index (χ1n) is 7.16. The van der Waals surface area contributed by atoms with Crippen LogP contribution in [0.15, 0.2) is 24.3 Å². The molecule has 0 aliphatic heterocycles. The van der Waals surface area contributed by atoms with Crippen LogP contribution in [0.25, 0.3) is 0 Å². The van der Waals surface area contributed by atoms with Gasteiger partial charge in [0.05, 0.1) is 12.5 Å². The van der Waals surface area contributed by atoms with Crippen LogP contribution in [-0.4, -0.2) is 37.1 Å². The molecule has 0 spiro atoms. The summed E-state index contributed by atoms with van der Waals surface area (Å²) in [7, 11) is 1.59. The molecule has 0 heterocycles. The van der Waals surface area contributed by atoms with Gasteiger partial charge in [-0.3, -0.25) is 4.79 Å². The average Bonchev–Trinajstić information content (AvgIpc) is 2.46. The molecule has 1 unspecified atom stereocenters. The van der Waals surface area contributed by atoms with Gasteiger partial charge in [0.2, 0.25) is 5.91 Å². The second-order valence-electron chi connectivity index (χ2n) is 5.10. The number of nitrogens with two attached hydrogens (primary N) is 1. The molecule has 0 radical (unpaired) electrons. The Hall–Kier alpha value is -1.39. The third kappa shape index (κ3) is 5.31. The lowest BCUT2D eigenvalue weighted by molar-refractivity contribution is -0.134. The summed E-state index contributed by atoms with van der Waals surface area (Å²) in [4.78, 5) is 14.2. The smallest absolute Gasteiger partial charge is 0.225 e. The predicted octanol–water partition coefficient (Wildman–Crippen LogP) is 2.10. The molecule has 20 heavy (non-hydrogen) atoms. The molecule has 2 N–H and O–H groups in total. The van der Waals surface area contributed by atoms with Gasteiger partial charge in [0.1, 0.15) is 0 Å². The number of carbonyl (C=O) groups excluding carboxylic acids is 1. The molecule has 0 saturated carbocycles. The Morgan fingerprint density at radius 3 is 2.50 bits per heavy atom. The van der Waals surface area contributed by atoms with Gasteiger partial charge in [0, 0.05) is 26.7 Å². The number of methoxy groups -OCH3 is 1. The second kappa shape index (κ2) is 8.72. The van der Waals surface area contributed by atoms with E-state index in [4.69, 9.17) is 10.5 Å². The lowest BCUT2D eigenvalue weighted by atomic mass is 10.1. The molecule has 0 saturated heterocycles. The Kier molecular flexibility index (Phi) is 7.26. The van der Waals surface area contributed by atoms with Crippen molar-refractivity contribution >= 4 is 5.91 Å². The molecule has 0 aliphatic rings. The van der Waals surface area contributed by atoms with Crippen LogP contribution in [0.2, 0.25) is 0 Å². The number of aryl methyl sites for hydroxylation is 1. The first-order valence-corrected chi connectivity index (χ1v) is 7.16. The highest BCUT2D eigenvalue weighted by Crippen LogP contribution is 2.10. The number of benzene rings is 1. The Morgan fingerprint density at radius 1 is 1.35 bits per heavy atom. The van der Waals surface area contributed by atoms with Crippen molar-refractivity contribution in [3.8, 4) is 0 Å². The van der Waals surface area contributed by atoms with Crippen molar-refractivity contribution in [2.75, 3.05) is 20.2 Å². The highest BCUT2D eigenvalue weighted by molar-refractivity contribution is 5.76. The number of rotatable bonds is 8. The zero-order chi connectivity index (χ0) is 15.0. The maximum atomic E-state index is 12.3. The van der Waals surface area contributed by atoms with E-state index in [9.17, 15) is 4.79 Å². The molecule has 0 fully saturated rings. The predicted molar refractivity (Wildman–Crippen MR) is 81.4 cm³/mol. The Balaban J connectivity index is 2.67. The van der Waals surface area contributed by atoms with E-state index in [2.05, 4.69) is 38.1 Å². The molecule has 0 bridgehead atoms. The number of hydrogen-bond acceptors (Lipinski definition) is 3. The minimum absolute atomic E-state index is 0.102. The van der Waals surface area contributed by atoms with Crippen LogP contribution in [0.1, 0.15) is 30.9 Å². The summed E-state index contributed by atoms with van der Waals surface area (Å²) in [6, 6.07) is 8.29. The molecule has 1 aromatic carbocycles. The van der Waals surface area contributed by atoms with Crippen molar-refractivity contribution in [2.24, 2.45) is 5.73 Å². The highest BCUT2D eigenvalue weighted by Gasteiger charge is 2.17. The van der Waals surface area contributed by atoms with Crippen LogP contribution in [0.5, 0.6) is 0 Å². The Morgan fingerprint density at radius 2 is 2.00 bits per heavy atom. The van der Waals surface area contributed by atoms with Crippen molar-refractivity contribution in [2.45, 2.75) is 39.3 Å². The number of ether oxygens (including phenoxy) is 1. The topological polar surface area (TPSA) is 55.6 Å². The SMILES string of the molecule is CCCN(Cc1ccc(C)cc1)C(=O)CC(CN)OC. The van der Waals surface area contributed by atoms with Gasteiger partial charge >= 0.3 is 0 Å². The Bertz CT molecular complexity index is 399. The zero-order valence-electron chi connectivity index (χ0n) is 12.8. The van der Waals surface area contributed by atoms with Gasteiger partial charge in [-0.25, -0.2) is 0 Å². The minimum Gasteiger partial charge on any atom is -0.380 e. The maximum absolute atomic E-state index is 12.3. The summed E-state index contributed by atoms with van der Waals surface area (Å²) in [5.74, 6) is 0.102. The average molecular weight is 278 g/mol. The van der Waals surface area contributed by atoms with Gasteiger partial charge in [-0.05, 0) is 18.9 Å². The lowest BCUT2D eigenvalue weighted by Gasteiger charge is -2.24. The molecular weight excluding hydrogens is 252 g/mol. The summed E-state index contributed by atoms with van der Waals surface area (Å²) in [6.45, 7) is 5.91. The Labute approximate surface area is 121 Å². The van der Waals surface area contributed by atoms with Gasteiger partial charge in [-0.1, -0.05) is 36.8 Å².